The van der Waals surface area contributed by atoms with E-state index in [0.717, 1.165) is 12.1 Å². The van der Waals surface area contributed by atoms with Crippen LogP contribution < -0.4 is 5.73 Å². The Hall–Kier alpha value is -1.10. The molecule has 0 atom stereocenters. The molecule has 2 N–H and O–H groups in total. The summed E-state index contributed by atoms with van der Waals surface area (Å²) in [4.78, 5) is 0. The number of thiol groups is 1. The van der Waals surface area contributed by atoms with Crippen molar-refractivity contribution in [2.75, 3.05) is 0 Å². The van der Waals surface area contributed by atoms with Crippen molar-refractivity contribution in [1.29, 1.82) is 0 Å². The van der Waals surface area contributed by atoms with Gasteiger partial charge in [0.25, 0.3) is 6.43 Å². The molecule has 76 valence electrons. The fraction of sp³-hybridized carbons (Fsp3) is 0.111. The minimum Gasteiger partial charge on any atom is -0.398 e. The molecule has 5 heteroatoms. The number of hydrogen-bond acceptors (Lipinski definition) is 2. The van der Waals surface area contributed by atoms with Crippen LogP contribution in [0.1, 0.15) is 17.6 Å². The number of hydrogen-bond donors (Lipinski definition) is 2. The largest absolute Gasteiger partial charge is 0.398 e. The third kappa shape index (κ3) is 2.23. The van der Waals surface area contributed by atoms with Crippen molar-refractivity contribution in [2.24, 2.45) is 5.73 Å². The van der Waals surface area contributed by atoms with Gasteiger partial charge in [-0.2, -0.15) is 0 Å². The van der Waals surface area contributed by atoms with E-state index in [1.54, 1.807) is 0 Å². The molecule has 0 unspecified atom stereocenters. The minimum atomic E-state index is -2.68. The van der Waals surface area contributed by atoms with E-state index >= 15 is 0 Å². The number of nitrogens with two attached hydrogens (primary N) is 1. The molecule has 0 heterocycles. The molecule has 0 radical (unpaired) electrons. The van der Waals surface area contributed by atoms with Crippen LogP contribution in [0.4, 0.5) is 13.2 Å². The Balaban J connectivity index is 3.14. The summed E-state index contributed by atoms with van der Waals surface area (Å²) < 4.78 is 37.4. The van der Waals surface area contributed by atoms with Crippen LogP contribution in [-0.2, 0) is 0 Å². The zero-order chi connectivity index (χ0) is 10.7. The van der Waals surface area contributed by atoms with Crippen LogP contribution in [0.5, 0.6) is 0 Å². The highest BCUT2D eigenvalue weighted by Gasteiger charge is 2.11. The quantitative estimate of drug-likeness (QED) is 0.735. The standard InChI is InChI=1S/C9H8F3NS/c10-7-3-5(9(11)12)1-2-6(7)8(13)4-14/h1-4,9,14H,13H2/b8-4-. The molecule has 0 aliphatic carbocycles. The second kappa shape index (κ2) is 4.41. The van der Waals surface area contributed by atoms with Crippen LogP contribution in [0.3, 0.4) is 0 Å². The van der Waals surface area contributed by atoms with Crippen LogP contribution in [0.25, 0.3) is 5.70 Å². The maximum atomic E-state index is 13.2. The second-order valence-corrected chi connectivity index (χ2v) is 2.88. The molecule has 1 nitrogen and oxygen atoms in total. The second-order valence-electron chi connectivity index (χ2n) is 2.62. The Labute approximate surface area is 84.8 Å². The Morgan fingerprint density at radius 2 is 2.07 bits per heavy atom. The fourth-order valence-corrected chi connectivity index (χ4v) is 1.11. The van der Waals surface area contributed by atoms with E-state index in [1.807, 2.05) is 0 Å². The van der Waals surface area contributed by atoms with Crippen molar-refractivity contribution < 1.29 is 13.2 Å². The van der Waals surface area contributed by atoms with E-state index in [4.69, 9.17) is 5.73 Å². The van der Waals surface area contributed by atoms with Crippen LogP contribution in [-0.4, -0.2) is 0 Å². The zero-order valence-electron chi connectivity index (χ0n) is 7.05. The molecule has 0 saturated carbocycles. The monoisotopic (exact) mass is 219 g/mol. The van der Waals surface area contributed by atoms with E-state index in [2.05, 4.69) is 12.6 Å². The van der Waals surface area contributed by atoms with Gasteiger partial charge in [-0.25, -0.2) is 13.2 Å². The van der Waals surface area contributed by atoms with Crippen molar-refractivity contribution in [2.45, 2.75) is 6.43 Å². The number of alkyl halides is 2. The van der Waals surface area contributed by atoms with Gasteiger partial charge < -0.3 is 5.73 Å². The van der Waals surface area contributed by atoms with Crippen molar-refractivity contribution in [3.63, 3.8) is 0 Å². The van der Waals surface area contributed by atoms with Crippen molar-refractivity contribution in [1.82, 2.24) is 0 Å². The van der Waals surface area contributed by atoms with Gasteiger partial charge in [0.1, 0.15) is 5.82 Å². The third-order valence-electron chi connectivity index (χ3n) is 1.70. The van der Waals surface area contributed by atoms with E-state index in [0.29, 0.717) is 0 Å². The molecule has 0 amide bonds. The Morgan fingerprint density at radius 1 is 1.43 bits per heavy atom. The number of rotatable bonds is 2. The average Bonchev–Trinajstić information content (AvgIpc) is 2.16. The topological polar surface area (TPSA) is 26.0 Å². The average molecular weight is 219 g/mol. The lowest BCUT2D eigenvalue weighted by atomic mass is 10.1. The fourth-order valence-electron chi connectivity index (χ4n) is 0.971. The predicted octanol–water partition coefficient (Wildman–Crippen LogP) is 2.95. The molecular weight excluding hydrogens is 211 g/mol. The van der Waals surface area contributed by atoms with Crippen molar-refractivity contribution in [3.8, 4) is 0 Å². The van der Waals surface area contributed by atoms with E-state index in [-0.39, 0.29) is 16.8 Å². The van der Waals surface area contributed by atoms with E-state index < -0.39 is 12.2 Å². The van der Waals surface area contributed by atoms with E-state index in [9.17, 15) is 13.2 Å². The first-order chi connectivity index (χ1) is 6.56. The van der Waals surface area contributed by atoms with Gasteiger partial charge in [-0.05, 0) is 17.5 Å². The maximum absolute atomic E-state index is 13.2. The molecule has 0 aliphatic rings. The van der Waals surface area contributed by atoms with Crippen molar-refractivity contribution >= 4 is 18.3 Å². The Morgan fingerprint density at radius 3 is 2.50 bits per heavy atom. The van der Waals surface area contributed by atoms with Crippen LogP contribution in [0, 0.1) is 5.82 Å². The lowest BCUT2D eigenvalue weighted by molar-refractivity contribution is 0.151. The Kier molecular flexibility index (Phi) is 3.46. The molecule has 0 spiro atoms. The van der Waals surface area contributed by atoms with Crippen LogP contribution in [0.2, 0.25) is 0 Å². The lowest BCUT2D eigenvalue weighted by Crippen LogP contribution is -1.99. The van der Waals surface area contributed by atoms with Crippen LogP contribution >= 0.6 is 12.6 Å². The SMILES string of the molecule is N/C(=C\S)c1ccc(C(F)F)cc1F. The highest BCUT2D eigenvalue weighted by Crippen LogP contribution is 2.23. The van der Waals surface area contributed by atoms with E-state index in [1.165, 1.54) is 11.5 Å². The highest BCUT2D eigenvalue weighted by atomic mass is 32.1. The molecule has 0 saturated heterocycles. The summed E-state index contributed by atoms with van der Waals surface area (Å²) in [5, 5.41) is 1.21. The maximum Gasteiger partial charge on any atom is 0.263 e. The van der Waals surface area contributed by atoms with Crippen LogP contribution in [0.15, 0.2) is 23.6 Å². The molecular formula is C9H8F3NS. The molecule has 0 bridgehead atoms. The highest BCUT2D eigenvalue weighted by molar-refractivity contribution is 7.83. The third-order valence-corrected chi connectivity index (χ3v) is 1.97. The molecule has 14 heavy (non-hydrogen) atoms. The number of halogens is 3. The normalized spacial score (nSPS) is 12.2. The summed E-state index contributed by atoms with van der Waals surface area (Å²) in [5.41, 5.74) is 5.19. The first-order valence-electron chi connectivity index (χ1n) is 3.74. The van der Waals surface area contributed by atoms with Crippen molar-refractivity contribution in [3.05, 3.63) is 40.6 Å². The summed E-state index contributed by atoms with van der Waals surface area (Å²) in [5.74, 6) is -0.773. The minimum absolute atomic E-state index is 0.0735. The predicted molar refractivity (Wildman–Crippen MR) is 52.5 cm³/mol. The summed E-state index contributed by atoms with van der Waals surface area (Å²) in [6.07, 6.45) is -2.68. The van der Waals surface area contributed by atoms with Gasteiger partial charge in [-0.3, -0.25) is 0 Å². The van der Waals surface area contributed by atoms with Gasteiger partial charge in [0, 0.05) is 16.8 Å². The molecule has 1 rings (SSSR count). The molecule has 1 aromatic rings. The zero-order valence-corrected chi connectivity index (χ0v) is 7.94. The van der Waals surface area contributed by atoms with Gasteiger partial charge in [0.15, 0.2) is 0 Å². The lowest BCUT2D eigenvalue weighted by Gasteiger charge is -2.05. The summed E-state index contributed by atoms with van der Waals surface area (Å²) in [7, 11) is 0. The van der Waals surface area contributed by atoms with Gasteiger partial charge in [-0.15, -0.1) is 12.6 Å². The van der Waals surface area contributed by atoms with Gasteiger partial charge in [-0.1, -0.05) is 6.07 Å². The first-order valence-corrected chi connectivity index (χ1v) is 4.25. The molecule has 0 fully saturated rings. The van der Waals surface area contributed by atoms with Gasteiger partial charge in [0.05, 0.1) is 0 Å². The van der Waals surface area contributed by atoms with Gasteiger partial charge >= 0.3 is 0 Å². The van der Waals surface area contributed by atoms with Gasteiger partial charge in [0.2, 0.25) is 0 Å². The summed E-state index contributed by atoms with van der Waals surface area (Å²) in [6.45, 7) is 0. The number of benzene rings is 1. The molecule has 0 aromatic heterocycles. The Bertz CT molecular complexity index is 363. The summed E-state index contributed by atoms with van der Waals surface area (Å²) in [6, 6.07) is 3.11. The first kappa shape index (κ1) is 11.0. The molecule has 0 aliphatic heterocycles. The smallest absolute Gasteiger partial charge is 0.263 e. The molecule has 1 aromatic carbocycles. The summed E-state index contributed by atoms with van der Waals surface area (Å²) >= 11 is 3.74.